The lowest BCUT2D eigenvalue weighted by Gasteiger charge is -2.14. The van der Waals surface area contributed by atoms with Gasteiger partial charge < -0.3 is 5.32 Å². The van der Waals surface area contributed by atoms with Crippen LogP contribution in [-0.2, 0) is 6.54 Å². The Bertz CT molecular complexity index is 273. The van der Waals surface area contributed by atoms with E-state index in [4.69, 9.17) is 0 Å². The Kier molecular flexibility index (Phi) is 4.11. The van der Waals surface area contributed by atoms with E-state index in [9.17, 15) is 0 Å². The van der Waals surface area contributed by atoms with Crippen LogP contribution >= 0.6 is 11.3 Å². The molecule has 1 aromatic rings. The molecule has 4 heteroatoms. The lowest BCUT2D eigenvalue weighted by atomic mass is 10.1. The number of aromatic nitrogens is 1. The molecule has 1 atom stereocenters. The second-order valence-electron chi connectivity index (χ2n) is 4.18. The van der Waals surface area contributed by atoms with E-state index in [1.165, 1.54) is 31.7 Å². The van der Waals surface area contributed by atoms with Gasteiger partial charge in [-0.2, -0.15) is 0 Å². The predicted molar refractivity (Wildman–Crippen MR) is 64.0 cm³/mol. The molecule has 2 heterocycles. The van der Waals surface area contributed by atoms with Gasteiger partial charge in [0.2, 0.25) is 0 Å². The molecule has 15 heavy (non-hydrogen) atoms. The third-order valence-corrected chi connectivity index (χ3v) is 3.56. The largest absolute Gasteiger partial charge is 0.317 e. The summed E-state index contributed by atoms with van der Waals surface area (Å²) < 4.78 is 0. The summed E-state index contributed by atoms with van der Waals surface area (Å²) >= 11 is 1.69. The average Bonchev–Trinajstić information content (AvgIpc) is 2.87. The molecule has 2 rings (SSSR count). The van der Waals surface area contributed by atoms with Crippen molar-refractivity contribution in [2.45, 2.75) is 19.9 Å². The number of nitrogens with one attached hydrogen (secondary N) is 1. The number of thiazole rings is 1. The van der Waals surface area contributed by atoms with Crippen molar-refractivity contribution in [3.8, 4) is 0 Å². The quantitative estimate of drug-likeness (QED) is 0.824. The van der Waals surface area contributed by atoms with Gasteiger partial charge in [0.25, 0.3) is 0 Å². The highest BCUT2D eigenvalue weighted by Gasteiger charge is 2.22. The Morgan fingerprint density at radius 3 is 3.33 bits per heavy atom. The van der Waals surface area contributed by atoms with E-state index in [0.29, 0.717) is 0 Å². The fourth-order valence-corrected chi connectivity index (χ4v) is 2.67. The Morgan fingerprint density at radius 1 is 1.67 bits per heavy atom. The lowest BCUT2D eigenvalue weighted by Crippen LogP contribution is -2.26. The summed E-state index contributed by atoms with van der Waals surface area (Å²) in [5.74, 6) is 0.837. The van der Waals surface area contributed by atoms with Gasteiger partial charge in [0.1, 0.15) is 0 Å². The summed E-state index contributed by atoms with van der Waals surface area (Å²) in [7, 11) is 0. The SMILES string of the molecule is CCNCC1CCN(Cc2cscn2)C1. The van der Waals surface area contributed by atoms with Crippen LogP contribution in [0.15, 0.2) is 10.9 Å². The number of hydrogen-bond donors (Lipinski definition) is 1. The van der Waals surface area contributed by atoms with E-state index in [2.05, 4.69) is 27.5 Å². The van der Waals surface area contributed by atoms with Gasteiger partial charge in [-0.05, 0) is 32.0 Å². The molecule has 1 unspecified atom stereocenters. The van der Waals surface area contributed by atoms with Crippen LogP contribution in [0.5, 0.6) is 0 Å². The summed E-state index contributed by atoms with van der Waals surface area (Å²) in [6.45, 7) is 7.92. The summed E-state index contributed by atoms with van der Waals surface area (Å²) in [5.41, 5.74) is 3.14. The zero-order valence-electron chi connectivity index (χ0n) is 9.28. The van der Waals surface area contributed by atoms with Crippen LogP contribution < -0.4 is 5.32 Å². The van der Waals surface area contributed by atoms with Gasteiger partial charge in [0.05, 0.1) is 11.2 Å². The highest BCUT2D eigenvalue weighted by atomic mass is 32.1. The molecule has 0 amide bonds. The minimum atomic E-state index is 0.837. The highest BCUT2D eigenvalue weighted by molar-refractivity contribution is 7.07. The number of nitrogens with zero attached hydrogens (tertiary/aromatic N) is 2. The second kappa shape index (κ2) is 5.58. The fourth-order valence-electron chi connectivity index (χ4n) is 2.12. The Labute approximate surface area is 95.5 Å². The van der Waals surface area contributed by atoms with Crippen molar-refractivity contribution >= 4 is 11.3 Å². The van der Waals surface area contributed by atoms with E-state index in [1.807, 2.05) is 5.51 Å². The first-order valence-electron chi connectivity index (χ1n) is 5.68. The Hall–Kier alpha value is -0.450. The van der Waals surface area contributed by atoms with Crippen LogP contribution in [0.25, 0.3) is 0 Å². The van der Waals surface area contributed by atoms with Crippen LogP contribution in [0.2, 0.25) is 0 Å². The number of rotatable bonds is 5. The summed E-state index contributed by atoms with van der Waals surface area (Å²) in [5, 5.41) is 5.58. The van der Waals surface area contributed by atoms with Crippen molar-refractivity contribution in [3.05, 3.63) is 16.6 Å². The van der Waals surface area contributed by atoms with E-state index in [-0.39, 0.29) is 0 Å². The molecule has 0 aliphatic carbocycles. The van der Waals surface area contributed by atoms with Gasteiger partial charge >= 0.3 is 0 Å². The van der Waals surface area contributed by atoms with Gasteiger partial charge in [-0.3, -0.25) is 4.90 Å². The van der Waals surface area contributed by atoms with Gasteiger partial charge in [0, 0.05) is 18.5 Å². The monoisotopic (exact) mass is 225 g/mol. The van der Waals surface area contributed by atoms with Gasteiger partial charge in [-0.15, -0.1) is 11.3 Å². The molecular formula is C11H19N3S. The Morgan fingerprint density at radius 2 is 2.60 bits per heavy atom. The van der Waals surface area contributed by atoms with Gasteiger partial charge in [-0.1, -0.05) is 6.92 Å². The molecular weight excluding hydrogens is 206 g/mol. The maximum Gasteiger partial charge on any atom is 0.0795 e. The van der Waals surface area contributed by atoms with Crippen LogP contribution in [0.4, 0.5) is 0 Å². The first-order chi connectivity index (χ1) is 7.38. The maximum absolute atomic E-state index is 4.33. The van der Waals surface area contributed by atoms with E-state index < -0.39 is 0 Å². The van der Waals surface area contributed by atoms with E-state index in [0.717, 1.165) is 19.0 Å². The molecule has 0 spiro atoms. The molecule has 1 aliphatic rings. The van der Waals surface area contributed by atoms with Crippen LogP contribution in [0, 0.1) is 5.92 Å². The average molecular weight is 225 g/mol. The summed E-state index contributed by atoms with van der Waals surface area (Å²) in [6.07, 6.45) is 1.33. The first-order valence-corrected chi connectivity index (χ1v) is 6.63. The van der Waals surface area contributed by atoms with Crippen LogP contribution in [-0.4, -0.2) is 36.1 Å². The lowest BCUT2D eigenvalue weighted by molar-refractivity contribution is 0.311. The third kappa shape index (κ3) is 3.26. The second-order valence-corrected chi connectivity index (χ2v) is 4.90. The van der Waals surface area contributed by atoms with Crippen molar-refractivity contribution in [1.82, 2.24) is 15.2 Å². The molecule has 1 aromatic heterocycles. The molecule has 1 fully saturated rings. The maximum atomic E-state index is 4.33. The van der Waals surface area contributed by atoms with Crippen molar-refractivity contribution in [2.24, 2.45) is 5.92 Å². The standard InChI is InChI=1S/C11H19N3S/c1-2-12-5-10-3-4-14(6-10)7-11-8-15-9-13-11/h8-10,12H,2-7H2,1H3. The molecule has 1 N–H and O–H groups in total. The van der Waals surface area contributed by atoms with Crippen molar-refractivity contribution < 1.29 is 0 Å². The third-order valence-electron chi connectivity index (χ3n) is 2.92. The summed E-state index contributed by atoms with van der Waals surface area (Å²) in [6, 6.07) is 0. The number of hydrogen-bond acceptors (Lipinski definition) is 4. The topological polar surface area (TPSA) is 28.2 Å². The van der Waals surface area contributed by atoms with Crippen molar-refractivity contribution in [3.63, 3.8) is 0 Å². The molecule has 0 aromatic carbocycles. The zero-order valence-corrected chi connectivity index (χ0v) is 10.1. The molecule has 0 saturated carbocycles. The molecule has 1 saturated heterocycles. The predicted octanol–water partition coefficient (Wildman–Crippen LogP) is 1.57. The van der Waals surface area contributed by atoms with Crippen LogP contribution in [0.1, 0.15) is 19.0 Å². The van der Waals surface area contributed by atoms with Crippen LogP contribution in [0.3, 0.4) is 0 Å². The molecule has 0 bridgehead atoms. The smallest absolute Gasteiger partial charge is 0.0795 e. The van der Waals surface area contributed by atoms with Gasteiger partial charge in [0.15, 0.2) is 0 Å². The molecule has 3 nitrogen and oxygen atoms in total. The normalized spacial score (nSPS) is 22.3. The van der Waals surface area contributed by atoms with E-state index >= 15 is 0 Å². The fraction of sp³-hybridized carbons (Fsp3) is 0.727. The molecule has 0 radical (unpaired) electrons. The highest BCUT2D eigenvalue weighted by Crippen LogP contribution is 2.17. The van der Waals surface area contributed by atoms with E-state index in [1.54, 1.807) is 11.3 Å². The van der Waals surface area contributed by atoms with Gasteiger partial charge in [-0.25, -0.2) is 4.98 Å². The minimum Gasteiger partial charge on any atom is -0.317 e. The van der Waals surface area contributed by atoms with Crippen molar-refractivity contribution in [2.75, 3.05) is 26.2 Å². The molecule has 1 aliphatic heterocycles. The summed E-state index contributed by atoms with van der Waals surface area (Å²) in [4.78, 5) is 6.84. The first kappa shape index (κ1) is 11.0. The minimum absolute atomic E-state index is 0.837. The Balaban J connectivity index is 1.73. The number of likely N-dealkylation sites (tertiary alicyclic amines) is 1. The van der Waals surface area contributed by atoms with Crippen molar-refractivity contribution in [1.29, 1.82) is 0 Å². The molecule has 84 valence electrons. The zero-order chi connectivity index (χ0) is 10.5.